The summed E-state index contributed by atoms with van der Waals surface area (Å²) in [5.74, 6) is 1.01. The molecule has 0 aromatic heterocycles. The number of rotatable bonds is 2. The topological polar surface area (TPSA) is 12.5 Å². The summed E-state index contributed by atoms with van der Waals surface area (Å²) in [5, 5.41) is 0. The minimum Gasteiger partial charge on any atom is -0.316 e. The molecule has 0 spiro atoms. The van der Waals surface area contributed by atoms with Crippen LogP contribution < -0.4 is 0 Å². The second-order valence-electron chi connectivity index (χ2n) is 4.90. The summed E-state index contributed by atoms with van der Waals surface area (Å²) in [6.07, 6.45) is 6.91. The molecule has 2 aliphatic heterocycles. The summed E-state index contributed by atoms with van der Waals surface area (Å²) in [7, 11) is -1.02. The van der Waals surface area contributed by atoms with Crippen molar-refractivity contribution in [3.05, 3.63) is 12.7 Å². The molecule has 0 aliphatic carbocycles. The summed E-state index contributed by atoms with van der Waals surface area (Å²) < 4.78 is 8.89. The van der Waals surface area contributed by atoms with Crippen molar-refractivity contribution >= 4 is 10.5 Å². The molecule has 0 N–H and O–H groups in total. The van der Waals surface area contributed by atoms with Crippen LogP contribution in [-0.4, -0.2) is 34.5 Å². The van der Waals surface area contributed by atoms with Crippen LogP contribution in [0, 0.1) is 0 Å². The molecule has 0 radical (unpaired) electrons. The molecule has 0 saturated carbocycles. The molecule has 2 saturated heterocycles. The van der Waals surface area contributed by atoms with E-state index in [-0.39, 0.29) is 5.60 Å². The van der Waals surface area contributed by atoms with E-state index in [2.05, 4.69) is 31.0 Å². The Morgan fingerprint density at radius 3 is 3.00 bits per heavy atom. The van der Waals surface area contributed by atoms with E-state index in [1.54, 1.807) is 0 Å². The van der Waals surface area contributed by atoms with Crippen LogP contribution in [-0.2, 0) is 4.18 Å². The second-order valence-corrected chi connectivity index (χ2v) is 7.79. The van der Waals surface area contributed by atoms with Crippen molar-refractivity contribution in [1.82, 2.24) is 4.31 Å². The lowest BCUT2D eigenvalue weighted by atomic mass is 9.98. The molecule has 2 heterocycles. The highest BCUT2D eigenvalue weighted by Crippen LogP contribution is 2.63. The third-order valence-corrected chi connectivity index (χ3v) is 6.40. The molecule has 2 atom stereocenters. The molecule has 2 fully saturated rings. The maximum absolute atomic E-state index is 6.28. The summed E-state index contributed by atoms with van der Waals surface area (Å²) >= 11 is 0. The average Bonchev–Trinajstić information content (AvgIpc) is 2.56. The molecule has 0 amide bonds. The Morgan fingerprint density at radius 1 is 1.64 bits per heavy atom. The molecule has 14 heavy (non-hydrogen) atoms. The van der Waals surface area contributed by atoms with Crippen LogP contribution in [0.1, 0.15) is 26.7 Å². The van der Waals surface area contributed by atoms with Crippen LogP contribution in [0.25, 0.3) is 0 Å². The SMILES string of the molecule is C=CCS1(C)OC(C)(C)C2CCCN21. The van der Waals surface area contributed by atoms with Gasteiger partial charge in [-0.05, 0) is 26.7 Å². The largest absolute Gasteiger partial charge is 0.316 e. The van der Waals surface area contributed by atoms with Gasteiger partial charge in [0.25, 0.3) is 0 Å². The Bertz CT molecular complexity index is 254. The number of nitrogens with zero attached hydrogens (tertiary/aromatic N) is 1. The maximum Gasteiger partial charge on any atom is 0.0930 e. The highest BCUT2D eigenvalue weighted by Gasteiger charge is 2.52. The maximum atomic E-state index is 6.28. The van der Waals surface area contributed by atoms with E-state index in [1.165, 1.54) is 19.4 Å². The number of hydrogen-bond acceptors (Lipinski definition) is 2. The van der Waals surface area contributed by atoms with Crippen LogP contribution in [0.2, 0.25) is 0 Å². The van der Waals surface area contributed by atoms with Crippen LogP contribution in [0.15, 0.2) is 12.7 Å². The molecule has 2 nitrogen and oxygen atoms in total. The van der Waals surface area contributed by atoms with E-state index < -0.39 is 10.5 Å². The van der Waals surface area contributed by atoms with Crippen LogP contribution in [0.4, 0.5) is 0 Å². The molecular formula is C11H21NOS. The van der Waals surface area contributed by atoms with E-state index in [1.807, 2.05) is 6.08 Å². The van der Waals surface area contributed by atoms with Gasteiger partial charge < -0.3 is 4.18 Å². The Morgan fingerprint density at radius 2 is 2.36 bits per heavy atom. The second kappa shape index (κ2) is 3.26. The molecule has 2 aliphatic rings. The van der Waals surface area contributed by atoms with E-state index in [4.69, 9.17) is 4.18 Å². The summed E-state index contributed by atoms with van der Waals surface area (Å²) in [4.78, 5) is 0. The van der Waals surface area contributed by atoms with Gasteiger partial charge in [-0.25, -0.2) is 4.31 Å². The fourth-order valence-electron chi connectivity index (χ4n) is 2.81. The third kappa shape index (κ3) is 1.42. The Balaban J connectivity index is 2.26. The van der Waals surface area contributed by atoms with Crippen LogP contribution in [0.5, 0.6) is 0 Å². The lowest BCUT2D eigenvalue weighted by Gasteiger charge is -2.37. The van der Waals surface area contributed by atoms with Gasteiger partial charge >= 0.3 is 0 Å². The average molecular weight is 215 g/mol. The van der Waals surface area contributed by atoms with Crippen molar-refractivity contribution in [3.63, 3.8) is 0 Å². The van der Waals surface area contributed by atoms with Crippen molar-refractivity contribution in [1.29, 1.82) is 0 Å². The van der Waals surface area contributed by atoms with Crippen LogP contribution >= 0.6 is 10.5 Å². The first-order valence-electron chi connectivity index (χ1n) is 5.34. The standard InChI is InChI=1S/C11H21NOS/c1-5-9-14(4)12-8-6-7-10(12)11(2,3)13-14/h5,10H,1,6-9H2,2-4H3. The van der Waals surface area contributed by atoms with Gasteiger partial charge in [-0.3, -0.25) is 0 Å². The number of fused-ring (bicyclic) bond motifs is 1. The van der Waals surface area contributed by atoms with Crippen molar-refractivity contribution in [2.45, 2.75) is 38.3 Å². The fourth-order valence-corrected chi connectivity index (χ4v) is 6.05. The number of hydrogen-bond donors (Lipinski definition) is 0. The zero-order chi connectivity index (χ0) is 10.4. The quantitative estimate of drug-likeness (QED) is 0.657. The first-order chi connectivity index (χ1) is 6.49. The molecule has 3 heteroatoms. The van der Waals surface area contributed by atoms with Gasteiger partial charge in [0.15, 0.2) is 0 Å². The van der Waals surface area contributed by atoms with Gasteiger partial charge in [0.05, 0.1) is 11.6 Å². The molecule has 2 unspecified atom stereocenters. The van der Waals surface area contributed by atoms with Gasteiger partial charge in [0.1, 0.15) is 0 Å². The van der Waals surface area contributed by atoms with Gasteiger partial charge in [-0.15, -0.1) is 6.58 Å². The molecule has 0 bridgehead atoms. The Labute approximate surface area is 89.0 Å². The Kier molecular flexibility index (Phi) is 2.45. The van der Waals surface area contributed by atoms with Gasteiger partial charge in [-0.2, -0.15) is 0 Å². The lowest BCUT2D eigenvalue weighted by Crippen LogP contribution is -2.36. The van der Waals surface area contributed by atoms with Crippen LogP contribution in [0.3, 0.4) is 0 Å². The van der Waals surface area contributed by atoms with Crippen molar-refractivity contribution in [2.24, 2.45) is 0 Å². The monoisotopic (exact) mass is 215 g/mol. The highest BCUT2D eigenvalue weighted by atomic mass is 32.3. The van der Waals surface area contributed by atoms with E-state index in [0.29, 0.717) is 6.04 Å². The lowest BCUT2D eigenvalue weighted by molar-refractivity contribution is 0.113. The van der Waals surface area contributed by atoms with E-state index >= 15 is 0 Å². The zero-order valence-corrected chi connectivity index (χ0v) is 10.3. The predicted molar refractivity (Wildman–Crippen MR) is 63.5 cm³/mol. The van der Waals surface area contributed by atoms with Gasteiger partial charge in [0, 0.05) is 18.6 Å². The van der Waals surface area contributed by atoms with Crippen molar-refractivity contribution in [2.75, 3.05) is 18.6 Å². The summed E-state index contributed by atoms with van der Waals surface area (Å²) in [6.45, 7) is 9.53. The zero-order valence-electron chi connectivity index (χ0n) is 9.45. The molecule has 0 aromatic carbocycles. The summed E-state index contributed by atoms with van der Waals surface area (Å²) in [5.41, 5.74) is 0.0452. The highest BCUT2D eigenvalue weighted by molar-refractivity contribution is 8.27. The van der Waals surface area contributed by atoms with Crippen molar-refractivity contribution in [3.8, 4) is 0 Å². The predicted octanol–water partition coefficient (Wildman–Crippen LogP) is 2.71. The molecule has 0 aromatic rings. The smallest absolute Gasteiger partial charge is 0.0930 e. The first-order valence-corrected chi connectivity index (χ1v) is 7.43. The fraction of sp³-hybridized carbons (Fsp3) is 0.818. The Hall–Kier alpha value is 0.01000. The molecule has 82 valence electrons. The van der Waals surface area contributed by atoms with Gasteiger partial charge in [-0.1, -0.05) is 16.6 Å². The van der Waals surface area contributed by atoms with Crippen molar-refractivity contribution < 1.29 is 4.18 Å². The van der Waals surface area contributed by atoms with Gasteiger partial charge in [0.2, 0.25) is 0 Å². The third-order valence-electron chi connectivity index (χ3n) is 3.32. The minimum absolute atomic E-state index is 0.0452. The van der Waals surface area contributed by atoms with E-state index in [9.17, 15) is 0 Å². The minimum atomic E-state index is -1.02. The molecule has 2 rings (SSSR count). The molecular weight excluding hydrogens is 194 g/mol. The summed E-state index contributed by atoms with van der Waals surface area (Å²) in [6, 6.07) is 0.641. The van der Waals surface area contributed by atoms with E-state index in [0.717, 1.165) is 5.75 Å². The first kappa shape index (κ1) is 10.5. The normalized spacial score (nSPS) is 45.8.